The molecule has 2 atom stereocenters. The Morgan fingerprint density at radius 1 is 0.808 bits per heavy atom. The summed E-state index contributed by atoms with van der Waals surface area (Å²) >= 11 is 0. The van der Waals surface area contributed by atoms with Gasteiger partial charge < -0.3 is 25.4 Å². The van der Waals surface area contributed by atoms with Crippen molar-refractivity contribution in [2.75, 3.05) is 19.9 Å². The van der Waals surface area contributed by atoms with Crippen molar-refractivity contribution in [3.63, 3.8) is 0 Å². The molecule has 3 aromatic carbocycles. The van der Waals surface area contributed by atoms with Crippen molar-refractivity contribution in [2.24, 2.45) is 0 Å². The molecule has 1 spiro atoms. The maximum Gasteiger partial charge on any atom is 0.348 e. The van der Waals surface area contributed by atoms with Crippen LogP contribution in [0.25, 0.3) is 0 Å². The third kappa shape index (κ3) is 6.79. The Balaban J connectivity index is 1.07. The van der Waals surface area contributed by atoms with Crippen molar-refractivity contribution in [3.8, 4) is 11.5 Å². The number of aryl methyl sites for hydroxylation is 2. The molecular formula is C40H46N6O6. The van der Waals surface area contributed by atoms with Crippen LogP contribution < -0.4 is 36.8 Å². The molecule has 8 rings (SSSR count). The fourth-order valence-corrected chi connectivity index (χ4v) is 8.25. The van der Waals surface area contributed by atoms with Crippen LogP contribution in [0.4, 0.5) is 0 Å². The van der Waals surface area contributed by atoms with E-state index in [-0.39, 0.29) is 24.8 Å². The molecule has 272 valence electrons. The van der Waals surface area contributed by atoms with E-state index in [1.807, 2.05) is 54.6 Å². The summed E-state index contributed by atoms with van der Waals surface area (Å²) in [6.07, 6.45) is 6.73. The maximum atomic E-state index is 14.4. The molecule has 4 heterocycles. The van der Waals surface area contributed by atoms with Crippen molar-refractivity contribution >= 4 is 11.8 Å². The van der Waals surface area contributed by atoms with Crippen LogP contribution in [-0.4, -0.2) is 57.2 Å². The van der Waals surface area contributed by atoms with Gasteiger partial charge in [0, 0.05) is 5.54 Å². The molecule has 1 saturated carbocycles. The third-order valence-corrected chi connectivity index (χ3v) is 11.5. The fraction of sp³-hybridized carbons (Fsp3) is 0.450. The largest absolute Gasteiger partial charge is 0.454 e. The average Bonchev–Trinajstić information content (AvgIpc) is 3.68. The van der Waals surface area contributed by atoms with Crippen molar-refractivity contribution in [1.82, 2.24) is 29.9 Å². The lowest BCUT2D eigenvalue weighted by Crippen LogP contribution is -2.57. The lowest BCUT2D eigenvalue weighted by atomic mass is 9.81. The molecule has 1 aromatic heterocycles. The van der Waals surface area contributed by atoms with E-state index in [0.717, 1.165) is 31.2 Å². The molecule has 3 aliphatic heterocycles. The first-order chi connectivity index (χ1) is 25.3. The number of hydrogen-bond acceptors (Lipinski definition) is 7. The van der Waals surface area contributed by atoms with E-state index in [0.29, 0.717) is 68.7 Å². The van der Waals surface area contributed by atoms with Gasteiger partial charge in [0.15, 0.2) is 11.5 Å². The van der Waals surface area contributed by atoms with E-state index >= 15 is 0 Å². The minimum Gasteiger partial charge on any atom is -0.454 e. The normalized spacial score (nSPS) is 19.8. The average molecular weight is 707 g/mol. The summed E-state index contributed by atoms with van der Waals surface area (Å²) in [4.78, 5) is 57.0. The van der Waals surface area contributed by atoms with Gasteiger partial charge in [-0.2, -0.15) is 0 Å². The van der Waals surface area contributed by atoms with E-state index in [2.05, 4.69) is 28.1 Å². The highest BCUT2D eigenvalue weighted by molar-refractivity contribution is 5.89. The number of fused-ring (bicyclic) bond motifs is 3. The molecule has 12 nitrogen and oxygen atoms in total. The highest BCUT2D eigenvalue weighted by atomic mass is 16.7. The van der Waals surface area contributed by atoms with Crippen LogP contribution in [0, 0.1) is 0 Å². The SMILES string of the molecule is O=C(N[C@@H](CCc1ccccc1)C(=O)NC1(CCc2ccccc2)CC1)C1CCC2(CCNCC2)n2c(=O)n(Cc3ccc4c(c3)OCO4)c(=O)n21. The first-order valence-electron chi connectivity index (χ1n) is 18.6. The summed E-state index contributed by atoms with van der Waals surface area (Å²) in [6.45, 7) is 1.56. The number of nitrogens with one attached hydrogen (secondary N) is 3. The summed E-state index contributed by atoms with van der Waals surface area (Å²) in [7, 11) is 0. The molecule has 0 bridgehead atoms. The number of nitrogens with zero attached hydrogens (tertiary/aromatic N) is 3. The van der Waals surface area contributed by atoms with Crippen LogP contribution >= 0.6 is 0 Å². The second-order valence-electron chi connectivity index (χ2n) is 14.9. The van der Waals surface area contributed by atoms with Gasteiger partial charge in [-0.1, -0.05) is 66.7 Å². The maximum absolute atomic E-state index is 14.4. The predicted molar refractivity (Wildman–Crippen MR) is 195 cm³/mol. The lowest BCUT2D eigenvalue weighted by molar-refractivity contribution is -0.133. The molecule has 52 heavy (non-hydrogen) atoms. The Morgan fingerprint density at radius 3 is 2.21 bits per heavy atom. The summed E-state index contributed by atoms with van der Waals surface area (Å²) in [5.41, 5.74) is 1.15. The molecule has 4 aromatic rings. The van der Waals surface area contributed by atoms with Crippen molar-refractivity contribution < 1.29 is 19.1 Å². The number of amides is 2. The highest BCUT2D eigenvalue weighted by Crippen LogP contribution is 2.40. The predicted octanol–water partition coefficient (Wildman–Crippen LogP) is 3.40. The van der Waals surface area contributed by atoms with Crippen LogP contribution in [0.15, 0.2) is 88.5 Å². The smallest absolute Gasteiger partial charge is 0.348 e. The van der Waals surface area contributed by atoms with Crippen molar-refractivity contribution in [1.29, 1.82) is 0 Å². The molecule has 1 aliphatic carbocycles. The number of hydrogen-bond donors (Lipinski definition) is 3. The Hall–Kier alpha value is -5.10. The van der Waals surface area contributed by atoms with Gasteiger partial charge in [0.1, 0.15) is 12.1 Å². The molecule has 0 radical (unpaired) electrons. The Morgan fingerprint density at radius 2 is 1.50 bits per heavy atom. The molecule has 1 unspecified atom stereocenters. The van der Waals surface area contributed by atoms with E-state index < -0.39 is 34.9 Å². The van der Waals surface area contributed by atoms with Crippen molar-refractivity contribution in [2.45, 2.75) is 93.9 Å². The van der Waals surface area contributed by atoms with Crippen LogP contribution in [0.3, 0.4) is 0 Å². The lowest BCUT2D eigenvalue weighted by Gasteiger charge is -2.44. The van der Waals surface area contributed by atoms with Crippen molar-refractivity contribution in [3.05, 3.63) is 117 Å². The summed E-state index contributed by atoms with van der Waals surface area (Å²) < 4.78 is 15.2. The van der Waals surface area contributed by atoms with Gasteiger partial charge >= 0.3 is 11.4 Å². The zero-order valence-corrected chi connectivity index (χ0v) is 29.4. The zero-order valence-electron chi connectivity index (χ0n) is 29.4. The molecule has 2 fully saturated rings. The second kappa shape index (κ2) is 14.1. The monoisotopic (exact) mass is 706 g/mol. The molecule has 4 aliphatic rings. The van der Waals surface area contributed by atoms with Gasteiger partial charge in [0.2, 0.25) is 18.6 Å². The number of carbonyl (C=O) groups excluding carboxylic acids is 2. The molecule has 1 saturated heterocycles. The van der Waals surface area contributed by atoms with Gasteiger partial charge in [0.25, 0.3) is 0 Å². The summed E-state index contributed by atoms with van der Waals surface area (Å²) in [6, 6.07) is 23.8. The molecule has 2 amide bonds. The number of ether oxygens (including phenoxy) is 2. The van der Waals surface area contributed by atoms with E-state index in [9.17, 15) is 19.2 Å². The third-order valence-electron chi connectivity index (χ3n) is 11.5. The molecule has 3 N–H and O–H groups in total. The number of aromatic nitrogens is 3. The van der Waals surface area contributed by atoms with Crippen LogP contribution in [-0.2, 0) is 34.5 Å². The first-order valence-corrected chi connectivity index (χ1v) is 18.6. The number of carbonyl (C=O) groups is 2. The standard InChI is InChI=1S/C40H46N6O6/c47-35(43-39(19-20-39)17-15-29-9-5-2-6-10-29)31(13-11-28-7-3-1-4-8-28)42-36(48)32-16-18-40(21-23-41-24-22-40)46-38(50)44(37(49)45(32)46)26-30-12-14-33-34(25-30)52-27-51-33/h1-10,12,14,25,31-32,41H,11,13,15-24,26-27H2,(H,42,48)(H,43,47)/t31-,32?/m0/s1. The minimum atomic E-state index is -0.946. The van der Waals surface area contributed by atoms with E-state index in [1.165, 1.54) is 14.8 Å². The van der Waals surface area contributed by atoms with Gasteiger partial charge in [-0.05, 0) is 106 Å². The fourth-order valence-electron chi connectivity index (χ4n) is 8.25. The van der Waals surface area contributed by atoms with E-state index in [1.54, 1.807) is 16.8 Å². The summed E-state index contributed by atoms with van der Waals surface area (Å²) in [5, 5.41) is 9.75. The Labute approximate surface area is 302 Å². The molecule has 12 heteroatoms. The second-order valence-corrected chi connectivity index (χ2v) is 14.9. The van der Waals surface area contributed by atoms with Gasteiger partial charge in [-0.3, -0.25) is 9.59 Å². The highest BCUT2D eigenvalue weighted by Gasteiger charge is 2.47. The number of piperidine rings is 1. The quantitative estimate of drug-likeness (QED) is 0.206. The first kappa shape index (κ1) is 34.0. The number of benzene rings is 3. The van der Waals surface area contributed by atoms with Gasteiger partial charge in [0.05, 0.1) is 12.1 Å². The van der Waals surface area contributed by atoms with Crippen LogP contribution in [0.2, 0.25) is 0 Å². The van der Waals surface area contributed by atoms with Crippen LogP contribution in [0.1, 0.15) is 74.1 Å². The van der Waals surface area contributed by atoms with Gasteiger partial charge in [-0.15, -0.1) is 0 Å². The summed E-state index contributed by atoms with van der Waals surface area (Å²) in [5.74, 6) is 0.534. The van der Waals surface area contributed by atoms with Gasteiger partial charge in [-0.25, -0.2) is 23.5 Å². The zero-order chi connectivity index (χ0) is 35.7. The minimum absolute atomic E-state index is 0.0249. The molecular weight excluding hydrogens is 660 g/mol. The Bertz CT molecular complexity index is 2040. The van der Waals surface area contributed by atoms with Crippen LogP contribution in [0.5, 0.6) is 11.5 Å². The number of rotatable bonds is 12. The Kier molecular flexibility index (Phi) is 9.25. The van der Waals surface area contributed by atoms with E-state index in [4.69, 9.17) is 9.47 Å². The topological polar surface area (TPSA) is 138 Å².